The first-order valence-electron chi connectivity index (χ1n) is 8.96. The van der Waals surface area contributed by atoms with Crippen LogP contribution in [0.1, 0.15) is 29.8 Å². The number of benzene rings is 2. The minimum Gasteiger partial charge on any atom is -0.356 e. The highest BCUT2D eigenvalue weighted by molar-refractivity contribution is 5.94. The quantitative estimate of drug-likeness (QED) is 0.399. The number of guanidine groups is 1. The van der Waals surface area contributed by atoms with E-state index in [0.29, 0.717) is 31.2 Å². The predicted octanol–water partition coefficient (Wildman–Crippen LogP) is 2.70. The van der Waals surface area contributed by atoms with E-state index in [1.807, 2.05) is 38.1 Å². The van der Waals surface area contributed by atoms with Crippen LogP contribution >= 0.6 is 0 Å². The number of carbonyl (C=O) groups excluding carboxylic acids is 1. The van der Waals surface area contributed by atoms with Crippen molar-refractivity contribution in [2.24, 2.45) is 4.99 Å². The fraction of sp³-hybridized carbons (Fsp3) is 0.333. The van der Waals surface area contributed by atoms with Gasteiger partial charge in [0, 0.05) is 37.7 Å². The summed E-state index contributed by atoms with van der Waals surface area (Å²) in [6.45, 7) is 5.69. The molecule has 1 amide bonds. The third-order valence-electron chi connectivity index (χ3n) is 4.27. The molecule has 5 nitrogen and oxygen atoms in total. The van der Waals surface area contributed by atoms with Crippen molar-refractivity contribution >= 4 is 11.9 Å². The van der Waals surface area contributed by atoms with Crippen molar-refractivity contribution < 1.29 is 9.18 Å². The van der Waals surface area contributed by atoms with Crippen molar-refractivity contribution in [2.75, 3.05) is 26.7 Å². The highest BCUT2D eigenvalue weighted by Gasteiger charge is 2.21. The van der Waals surface area contributed by atoms with Crippen molar-refractivity contribution in [3.8, 4) is 0 Å². The molecule has 144 valence electrons. The summed E-state index contributed by atoms with van der Waals surface area (Å²) in [6, 6.07) is 15.7. The Kier molecular flexibility index (Phi) is 7.34. The van der Waals surface area contributed by atoms with Crippen LogP contribution in [0, 0.1) is 5.82 Å². The number of carbonyl (C=O) groups is 1. The van der Waals surface area contributed by atoms with Crippen LogP contribution in [-0.2, 0) is 5.41 Å². The number of nitrogens with one attached hydrogen (secondary N) is 3. The summed E-state index contributed by atoms with van der Waals surface area (Å²) in [7, 11) is 1.69. The van der Waals surface area contributed by atoms with Crippen LogP contribution in [0.3, 0.4) is 0 Å². The second-order valence-corrected chi connectivity index (χ2v) is 6.87. The van der Waals surface area contributed by atoms with Gasteiger partial charge in [0.15, 0.2) is 5.96 Å². The van der Waals surface area contributed by atoms with Crippen LogP contribution in [0.4, 0.5) is 4.39 Å². The molecular formula is C21H27FN4O. The Balaban J connectivity index is 1.76. The molecule has 0 bridgehead atoms. The van der Waals surface area contributed by atoms with E-state index in [1.54, 1.807) is 31.3 Å². The molecule has 3 N–H and O–H groups in total. The van der Waals surface area contributed by atoms with Crippen molar-refractivity contribution in [3.05, 3.63) is 71.5 Å². The summed E-state index contributed by atoms with van der Waals surface area (Å²) >= 11 is 0. The molecule has 0 unspecified atom stereocenters. The first kappa shape index (κ1) is 20.4. The standard InChI is InChI=1S/C21H27FN4O/c1-21(2,17-10-7-11-18(22)14-17)15-26-20(23-3)25-13-12-24-19(27)16-8-5-4-6-9-16/h4-11,14H,12-13,15H2,1-3H3,(H,24,27)(H2,23,25,26). The Morgan fingerprint density at radius 2 is 1.70 bits per heavy atom. The Labute approximate surface area is 160 Å². The molecule has 0 heterocycles. The van der Waals surface area contributed by atoms with Gasteiger partial charge >= 0.3 is 0 Å². The molecule has 0 fully saturated rings. The minimum absolute atomic E-state index is 0.104. The summed E-state index contributed by atoms with van der Waals surface area (Å²) in [5.41, 5.74) is 1.29. The summed E-state index contributed by atoms with van der Waals surface area (Å²) in [6.07, 6.45) is 0. The lowest BCUT2D eigenvalue weighted by atomic mass is 9.84. The number of hydrogen-bond acceptors (Lipinski definition) is 2. The average Bonchev–Trinajstić information content (AvgIpc) is 2.68. The molecule has 27 heavy (non-hydrogen) atoms. The lowest BCUT2D eigenvalue weighted by molar-refractivity contribution is 0.0954. The zero-order valence-corrected chi connectivity index (χ0v) is 16.1. The van der Waals surface area contributed by atoms with Crippen molar-refractivity contribution in [3.63, 3.8) is 0 Å². The third-order valence-corrected chi connectivity index (χ3v) is 4.27. The first-order valence-corrected chi connectivity index (χ1v) is 8.96. The van der Waals surface area contributed by atoms with E-state index in [4.69, 9.17) is 0 Å². The van der Waals surface area contributed by atoms with Gasteiger partial charge in [-0.3, -0.25) is 9.79 Å². The maximum absolute atomic E-state index is 13.5. The number of amides is 1. The minimum atomic E-state index is -0.263. The van der Waals surface area contributed by atoms with Gasteiger partial charge in [0.25, 0.3) is 5.91 Å². The molecule has 0 atom stereocenters. The second-order valence-electron chi connectivity index (χ2n) is 6.87. The molecule has 0 radical (unpaired) electrons. The molecule has 2 aromatic rings. The smallest absolute Gasteiger partial charge is 0.251 e. The number of aliphatic imine (C=N–C) groups is 1. The molecule has 0 aliphatic rings. The fourth-order valence-corrected chi connectivity index (χ4v) is 2.59. The van der Waals surface area contributed by atoms with E-state index in [9.17, 15) is 9.18 Å². The molecule has 0 saturated carbocycles. The molecule has 2 rings (SSSR count). The van der Waals surface area contributed by atoms with Gasteiger partial charge in [0.05, 0.1) is 0 Å². The summed E-state index contributed by atoms with van der Waals surface area (Å²) in [5, 5.41) is 9.27. The van der Waals surface area contributed by atoms with Crippen LogP contribution in [-0.4, -0.2) is 38.5 Å². The topological polar surface area (TPSA) is 65.5 Å². The van der Waals surface area contributed by atoms with E-state index in [1.165, 1.54) is 6.07 Å². The van der Waals surface area contributed by atoms with Gasteiger partial charge in [-0.1, -0.05) is 44.2 Å². The van der Waals surface area contributed by atoms with Gasteiger partial charge in [-0.25, -0.2) is 4.39 Å². The van der Waals surface area contributed by atoms with Crippen LogP contribution in [0.15, 0.2) is 59.6 Å². The van der Waals surface area contributed by atoms with Crippen LogP contribution < -0.4 is 16.0 Å². The Bertz CT molecular complexity index is 775. The second kappa shape index (κ2) is 9.71. The van der Waals surface area contributed by atoms with E-state index < -0.39 is 0 Å². The maximum Gasteiger partial charge on any atom is 0.251 e. The highest BCUT2D eigenvalue weighted by atomic mass is 19.1. The number of halogens is 1. The molecule has 0 aliphatic carbocycles. The summed E-state index contributed by atoms with van der Waals surface area (Å²) in [4.78, 5) is 16.2. The van der Waals surface area contributed by atoms with Crippen molar-refractivity contribution in [1.82, 2.24) is 16.0 Å². The van der Waals surface area contributed by atoms with E-state index >= 15 is 0 Å². The number of rotatable bonds is 7. The van der Waals surface area contributed by atoms with Gasteiger partial charge in [-0.05, 0) is 29.8 Å². The summed E-state index contributed by atoms with van der Waals surface area (Å²) < 4.78 is 13.5. The van der Waals surface area contributed by atoms with Gasteiger partial charge < -0.3 is 16.0 Å². The molecule has 0 saturated heterocycles. The van der Waals surface area contributed by atoms with Crippen LogP contribution in [0.5, 0.6) is 0 Å². The largest absolute Gasteiger partial charge is 0.356 e. The maximum atomic E-state index is 13.5. The fourth-order valence-electron chi connectivity index (χ4n) is 2.59. The van der Waals surface area contributed by atoms with Crippen LogP contribution in [0.25, 0.3) is 0 Å². The predicted molar refractivity (Wildman–Crippen MR) is 108 cm³/mol. The Morgan fingerprint density at radius 3 is 2.37 bits per heavy atom. The molecule has 6 heteroatoms. The SMILES string of the molecule is CN=C(NCCNC(=O)c1ccccc1)NCC(C)(C)c1cccc(F)c1. The van der Waals surface area contributed by atoms with Gasteiger partial charge in [0.2, 0.25) is 0 Å². The highest BCUT2D eigenvalue weighted by Crippen LogP contribution is 2.22. The van der Waals surface area contributed by atoms with Crippen molar-refractivity contribution in [2.45, 2.75) is 19.3 Å². The molecule has 2 aromatic carbocycles. The lowest BCUT2D eigenvalue weighted by Crippen LogP contribution is -2.45. The number of nitrogens with zero attached hydrogens (tertiary/aromatic N) is 1. The molecular weight excluding hydrogens is 343 g/mol. The van der Waals surface area contributed by atoms with E-state index in [0.717, 1.165) is 5.56 Å². The summed E-state index contributed by atoms with van der Waals surface area (Å²) in [5.74, 6) is 0.290. The zero-order valence-electron chi connectivity index (χ0n) is 16.1. The molecule has 0 aliphatic heterocycles. The average molecular weight is 370 g/mol. The normalized spacial score (nSPS) is 11.8. The monoisotopic (exact) mass is 370 g/mol. The number of hydrogen-bond donors (Lipinski definition) is 3. The van der Waals surface area contributed by atoms with Crippen molar-refractivity contribution in [1.29, 1.82) is 0 Å². The van der Waals surface area contributed by atoms with E-state index in [-0.39, 0.29) is 17.1 Å². The zero-order chi connectivity index (χ0) is 19.7. The Morgan fingerprint density at radius 1 is 1.00 bits per heavy atom. The lowest BCUT2D eigenvalue weighted by Gasteiger charge is -2.27. The van der Waals surface area contributed by atoms with Gasteiger partial charge in [-0.2, -0.15) is 0 Å². The third kappa shape index (κ3) is 6.40. The molecule has 0 spiro atoms. The Hall–Kier alpha value is -2.89. The van der Waals surface area contributed by atoms with Gasteiger partial charge in [0.1, 0.15) is 5.82 Å². The van der Waals surface area contributed by atoms with Crippen LogP contribution in [0.2, 0.25) is 0 Å². The van der Waals surface area contributed by atoms with E-state index in [2.05, 4.69) is 20.9 Å². The molecule has 0 aromatic heterocycles. The first-order chi connectivity index (χ1) is 12.9. The van der Waals surface area contributed by atoms with Gasteiger partial charge in [-0.15, -0.1) is 0 Å².